The summed E-state index contributed by atoms with van der Waals surface area (Å²) in [5, 5.41) is 11.6. The van der Waals surface area contributed by atoms with Crippen LogP contribution in [0.15, 0.2) is 42.5 Å². The molecule has 0 atom stereocenters. The highest BCUT2D eigenvalue weighted by atomic mass is 19.1. The van der Waals surface area contributed by atoms with Crippen LogP contribution < -0.4 is 14.8 Å². The number of rotatable bonds is 8. The van der Waals surface area contributed by atoms with Crippen LogP contribution in [0.5, 0.6) is 11.5 Å². The van der Waals surface area contributed by atoms with Crippen LogP contribution in [0.4, 0.5) is 4.39 Å². The van der Waals surface area contributed by atoms with E-state index in [1.165, 1.54) is 6.07 Å². The summed E-state index contributed by atoms with van der Waals surface area (Å²) in [5.41, 5.74) is 1.000. The van der Waals surface area contributed by atoms with E-state index in [9.17, 15) is 9.18 Å². The fraction of sp³-hybridized carbons (Fsp3) is 0.263. The van der Waals surface area contributed by atoms with Crippen molar-refractivity contribution in [2.45, 2.75) is 13.3 Å². The molecule has 0 saturated carbocycles. The molecule has 0 heterocycles. The average Bonchev–Trinajstić information content (AvgIpc) is 2.62. The number of halogens is 1. The van der Waals surface area contributed by atoms with Gasteiger partial charge >= 0.3 is 0 Å². The highest BCUT2D eigenvalue weighted by Gasteiger charge is 2.09. The van der Waals surface area contributed by atoms with Crippen molar-refractivity contribution >= 4 is 5.91 Å². The van der Waals surface area contributed by atoms with Crippen LogP contribution in [0, 0.1) is 17.1 Å². The topological polar surface area (TPSA) is 71.3 Å². The first kappa shape index (κ1) is 18.3. The lowest BCUT2D eigenvalue weighted by Crippen LogP contribution is -2.30. The lowest BCUT2D eigenvalue weighted by atomic mass is 10.1. The molecule has 0 unspecified atom stereocenters. The molecule has 5 nitrogen and oxygen atoms in total. The lowest BCUT2D eigenvalue weighted by molar-refractivity contribution is -0.123. The number of ether oxygens (including phenoxy) is 2. The minimum atomic E-state index is -0.317. The van der Waals surface area contributed by atoms with Crippen LogP contribution in [0.1, 0.15) is 18.1 Å². The highest BCUT2D eigenvalue weighted by Crippen LogP contribution is 2.28. The third kappa shape index (κ3) is 5.50. The maximum atomic E-state index is 13.5. The number of nitrogens with zero attached hydrogens (tertiary/aromatic N) is 1. The Morgan fingerprint density at radius 1 is 1.20 bits per heavy atom. The molecule has 0 aliphatic rings. The quantitative estimate of drug-likeness (QED) is 0.801. The molecular weight excluding hydrogens is 323 g/mol. The summed E-state index contributed by atoms with van der Waals surface area (Å²) in [6.07, 6.45) is 0.402. The molecule has 0 aliphatic heterocycles. The van der Waals surface area contributed by atoms with Crippen molar-refractivity contribution in [3.63, 3.8) is 0 Å². The Kier molecular flexibility index (Phi) is 6.78. The Labute approximate surface area is 146 Å². The molecule has 1 N–H and O–H groups in total. The first-order chi connectivity index (χ1) is 12.1. The van der Waals surface area contributed by atoms with Gasteiger partial charge in [0.2, 0.25) is 0 Å². The maximum Gasteiger partial charge on any atom is 0.257 e. The van der Waals surface area contributed by atoms with Crippen molar-refractivity contribution in [3.05, 3.63) is 59.4 Å². The Hall–Kier alpha value is -3.07. The van der Waals surface area contributed by atoms with Gasteiger partial charge in [-0.05, 0) is 37.1 Å². The molecule has 2 rings (SSSR count). The highest BCUT2D eigenvalue weighted by molar-refractivity contribution is 5.77. The molecule has 0 radical (unpaired) electrons. The summed E-state index contributed by atoms with van der Waals surface area (Å²) in [6, 6.07) is 13.2. The molecule has 130 valence electrons. The Bertz CT molecular complexity index is 772. The molecule has 25 heavy (non-hydrogen) atoms. The fourth-order valence-corrected chi connectivity index (χ4v) is 2.20. The van der Waals surface area contributed by atoms with Crippen LogP contribution in [-0.4, -0.2) is 25.7 Å². The molecule has 2 aromatic rings. The van der Waals surface area contributed by atoms with E-state index in [1.807, 2.05) is 13.0 Å². The second kappa shape index (κ2) is 9.28. The number of hydrogen-bond donors (Lipinski definition) is 1. The number of nitriles is 1. The third-order valence-corrected chi connectivity index (χ3v) is 3.41. The van der Waals surface area contributed by atoms with E-state index in [1.54, 1.807) is 36.4 Å². The number of carbonyl (C=O) groups excluding carboxylic acids is 1. The van der Waals surface area contributed by atoms with Gasteiger partial charge in [-0.25, -0.2) is 4.39 Å². The molecule has 0 saturated heterocycles. The predicted octanol–water partition coefficient (Wildman–Crippen LogP) is 2.83. The van der Waals surface area contributed by atoms with Gasteiger partial charge < -0.3 is 14.8 Å². The van der Waals surface area contributed by atoms with E-state index in [0.717, 1.165) is 0 Å². The number of hydrogen-bond acceptors (Lipinski definition) is 4. The Morgan fingerprint density at radius 3 is 2.72 bits per heavy atom. The summed E-state index contributed by atoms with van der Waals surface area (Å²) < 4.78 is 24.4. The summed E-state index contributed by atoms with van der Waals surface area (Å²) in [5.74, 6) is 0.209. The number of amides is 1. The zero-order chi connectivity index (χ0) is 18.1. The zero-order valence-corrected chi connectivity index (χ0v) is 13.9. The van der Waals surface area contributed by atoms with Gasteiger partial charge in [0.15, 0.2) is 18.1 Å². The number of benzene rings is 2. The van der Waals surface area contributed by atoms with Gasteiger partial charge in [-0.3, -0.25) is 4.79 Å². The molecule has 0 aliphatic carbocycles. The van der Waals surface area contributed by atoms with Crippen LogP contribution in [0.2, 0.25) is 0 Å². The second-order valence-corrected chi connectivity index (χ2v) is 5.19. The van der Waals surface area contributed by atoms with Gasteiger partial charge in [-0.2, -0.15) is 5.26 Å². The normalized spacial score (nSPS) is 9.96. The summed E-state index contributed by atoms with van der Waals surface area (Å²) in [6.45, 7) is 2.36. The van der Waals surface area contributed by atoms with E-state index < -0.39 is 0 Å². The van der Waals surface area contributed by atoms with E-state index in [2.05, 4.69) is 5.32 Å². The Balaban J connectivity index is 1.84. The van der Waals surface area contributed by atoms with E-state index in [4.69, 9.17) is 14.7 Å². The molecule has 2 aromatic carbocycles. The van der Waals surface area contributed by atoms with Gasteiger partial charge in [-0.1, -0.05) is 18.2 Å². The SMILES string of the molecule is CCOc1cc(C#N)ccc1OCC(=O)NCCc1ccccc1F. The number of nitrogens with one attached hydrogen (secondary N) is 1. The van der Waals surface area contributed by atoms with Crippen molar-refractivity contribution in [2.75, 3.05) is 19.8 Å². The van der Waals surface area contributed by atoms with Gasteiger partial charge in [-0.15, -0.1) is 0 Å². The molecule has 0 fully saturated rings. The summed E-state index contributed by atoms with van der Waals surface area (Å²) in [7, 11) is 0. The molecule has 0 aromatic heterocycles. The van der Waals surface area contributed by atoms with Gasteiger partial charge in [0.1, 0.15) is 5.82 Å². The largest absolute Gasteiger partial charge is 0.490 e. The van der Waals surface area contributed by atoms with Crippen LogP contribution >= 0.6 is 0 Å². The minimum Gasteiger partial charge on any atom is -0.490 e. The third-order valence-electron chi connectivity index (χ3n) is 3.41. The van der Waals surface area contributed by atoms with Crippen molar-refractivity contribution < 1.29 is 18.7 Å². The second-order valence-electron chi connectivity index (χ2n) is 5.19. The molecule has 1 amide bonds. The Morgan fingerprint density at radius 2 is 2.00 bits per heavy atom. The van der Waals surface area contributed by atoms with Crippen LogP contribution in [0.25, 0.3) is 0 Å². The van der Waals surface area contributed by atoms with Crippen molar-refractivity contribution in [2.24, 2.45) is 0 Å². The van der Waals surface area contributed by atoms with Crippen molar-refractivity contribution in [1.82, 2.24) is 5.32 Å². The van der Waals surface area contributed by atoms with E-state index in [0.29, 0.717) is 42.2 Å². The van der Waals surface area contributed by atoms with Crippen LogP contribution in [0.3, 0.4) is 0 Å². The monoisotopic (exact) mass is 342 g/mol. The summed E-state index contributed by atoms with van der Waals surface area (Å²) in [4.78, 5) is 11.9. The predicted molar refractivity (Wildman–Crippen MR) is 90.9 cm³/mol. The average molecular weight is 342 g/mol. The van der Waals surface area contributed by atoms with E-state index >= 15 is 0 Å². The standard InChI is InChI=1S/C19H19FN2O3/c1-2-24-18-11-14(12-21)7-8-17(18)25-13-19(23)22-10-9-15-5-3-4-6-16(15)20/h3-8,11H,2,9-10,13H2,1H3,(H,22,23). The fourth-order valence-electron chi connectivity index (χ4n) is 2.20. The van der Waals surface area contributed by atoms with E-state index in [-0.39, 0.29) is 18.3 Å². The zero-order valence-electron chi connectivity index (χ0n) is 13.9. The van der Waals surface area contributed by atoms with Crippen LogP contribution in [-0.2, 0) is 11.2 Å². The van der Waals surface area contributed by atoms with Crippen molar-refractivity contribution in [3.8, 4) is 17.6 Å². The molecular formula is C19H19FN2O3. The molecule has 0 bridgehead atoms. The summed E-state index contributed by atoms with van der Waals surface area (Å²) >= 11 is 0. The minimum absolute atomic E-state index is 0.191. The van der Waals surface area contributed by atoms with Gasteiger partial charge in [0.25, 0.3) is 5.91 Å². The van der Waals surface area contributed by atoms with Gasteiger partial charge in [0.05, 0.1) is 18.2 Å². The lowest BCUT2D eigenvalue weighted by Gasteiger charge is -2.12. The van der Waals surface area contributed by atoms with Gasteiger partial charge in [0, 0.05) is 12.6 Å². The first-order valence-electron chi connectivity index (χ1n) is 7.94. The molecule has 6 heteroatoms. The maximum absolute atomic E-state index is 13.5. The molecule has 0 spiro atoms. The number of carbonyl (C=O) groups is 1. The first-order valence-corrected chi connectivity index (χ1v) is 7.94. The van der Waals surface area contributed by atoms with Crippen molar-refractivity contribution in [1.29, 1.82) is 5.26 Å². The smallest absolute Gasteiger partial charge is 0.257 e.